The van der Waals surface area contributed by atoms with Crippen LogP contribution in [-0.4, -0.2) is 14.9 Å². The Balaban J connectivity index is 2.16. The fourth-order valence-corrected chi connectivity index (χ4v) is 4.14. The lowest BCUT2D eigenvalue weighted by atomic mass is 9.83. The van der Waals surface area contributed by atoms with Gasteiger partial charge in [-0.1, -0.05) is 68.6 Å². The number of hydrogen-bond acceptors (Lipinski definition) is 1. The Morgan fingerprint density at radius 2 is 2.00 bits per heavy atom. The summed E-state index contributed by atoms with van der Waals surface area (Å²) in [7, 11) is 0. The number of benzene rings is 1. The normalized spacial score (nSPS) is 30.4. The van der Waals surface area contributed by atoms with Gasteiger partial charge < -0.3 is 0 Å². The van der Waals surface area contributed by atoms with Crippen molar-refractivity contribution in [2.45, 2.75) is 34.8 Å². The summed E-state index contributed by atoms with van der Waals surface area (Å²) in [6.07, 6.45) is 3.78. The number of Topliss-reactive ketones (excluding diaryl/α,β-unsaturated/α-hetero) is 1. The Kier molecular flexibility index (Phi) is 3.85. The Morgan fingerprint density at radius 3 is 2.69 bits per heavy atom. The highest BCUT2D eigenvalue weighted by Crippen LogP contribution is 2.38. The maximum absolute atomic E-state index is 12.2. The van der Waals surface area contributed by atoms with Crippen LogP contribution in [0.15, 0.2) is 30.3 Å². The summed E-state index contributed by atoms with van der Waals surface area (Å²) in [6.45, 7) is 0. The highest BCUT2D eigenvalue weighted by atomic mass is 79.9. The van der Waals surface area contributed by atoms with E-state index in [0.29, 0.717) is 5.78 Å². The molecular formula is C13H14Br2O. The molecule has 0 aliphatic heterocycles. The van der Waals surface area contributed by atoms with Gasteiger partial charge in [0.1, 0.15) is 0 Å². The highest BCUT2D eigenvalue weighted by molar-refractivity contribution is 9.11. The van der Waals surface area contributed by atoms with Crippen LogP contribution in [0, 0.1) is 0 Å². The molecule has 1 saturated carbocycles. The molecule has 2 unspecified atom stereocenters. The van der Waals surface area contributed by atoms with Crippen LogP contribution in [0.5, 0.6) is 0 Å². The third-order valence-corrected chi connectivity index (χ3v) is 5.03. The summed E-state index contributed by atoms with van der Waals surface area (Å²) in [5.74, 6) is 0.294. The lowest BCUT2D eigenvalue weighted by Gasteiger charge is -2.32. The lowest BCUT2D eigenvalue weighted by molar-refractivity contribution is -0.121. The molecule has 1 nitrogen and oxygen atoms in total. The number of rotatable bonds is 2. The van der Waals surface area contributed by atoms with Crippen molar-refractivity contribution < 1.29 is 4.79 Å². The Labute approximate surface area is 113 Å². The lowest BCUT2D eigenvalue weighted by Crippen LogP contribution is -2.43. The molecule has 0 bridgehead atoms. The van der Waals surface area contributed by atoms with Crippen molar-refractivity contribution in [2.75, 3.05) is 0 Å². The van der Waals surface area contributed by atoms with Crippen molar-refractivity contribution in [2.24, 2.45) is 0 Å². The first kappa shape index (κ1) is 12.3. The minimum Gasteiger partial charge on any atom is -0.297 e. The first-order chi connectivity index (χ1) is 7.62. The number of carbonyl (C=O) groups is 1. The van der Waals surface area contributed by atoms with E-state index in [1.54, 1.807) is 0 Å². The van der Waals surface area contributed by atoms with Gasteiger partial charge in [0.25, 0.3) is 0 Å². The van der Waals surface area contributed by atoms with Gasteiger partial charge in [-0.3, -0.25) is 4.79 Å². The first-order valence-electron chi connectivity index (χ1n) is 5.53. The van der Waals surface area contributed by atoms with E-state index in [4.69, 9.17) is 0 Å². The molecule has 1 aromatic carbocycles. The fraction of sp³-hybridized carbons (Fsp3) is 0.462. The third kappa shape index (κ3) is 2.57. The molecule has 0 saturated heterocycles. The zero-order chi connectivity index (χ0) is 11.6. The molecule has 86 valence electrons. The molecular weight excluding hydrogens is 332 g/mol. The predicted octanol–water partition coefficient (Wildman–Crippen LogP) is 3.88. The molecule has 0 heterocycles. The number of ketones is 1. The molecule has 0 radical (unpaired) electrons. The SMILES string of the molecule is O=C1C(Br)CCCC1(Br)Cc1ccccc1. The first-order valence-corrected chi connectivity index (χ1v) is 7.24. The minimum absolute atomic E-state index is 0.0179. The highest BCUT2D eigenvalue weighted by Gasteiger charge is 2.41. The number of halogens is 2. The van der Waals surface area contributed by atoms with Crippen molar-refractivity contribution in [1.29, 1.82) is 0 Å². The van der Waals surface area contributed by atoms with E-state index >= 15 is 0 Å². The summed E-state index contributed by atoms with van der Waals surface area (Å²) in [5.41, 5.74) is 1.22. The molecule has 16 heavy (non-hydrogen) atoms. The molecule has 0 spiro atoms. The standard InChI is InChI=1S/C13H14Br2O/c14-11-7-4-8-13(15,12(11)16)9-10-5-2-1-3-6-10/h1-3,5-6,11H,4,7-9H2. The van der Waals surface area contributed by atoms with E-state index in [1.807, 2.05) is 18.2 Å². The van der Waals surface area contributed by atoms with Crippen molar-refractivity contribution in [1.82, 2.24) is 0 Å². The van der Waals surface area contributed by atoms with Gasteiger partial charge in [0.15, 0.2) is 5.78 Å². The van der Waals surface area contributed by atoms with E-state index in [-0.39, 0.29) is 9.15 Å². The smallest absolute Gasteiger partial charge is 0.163 e. The predicted molar refractivity (Wildman–Crippen MR) is 73.4 cm³/mol. The van der Waals surface area contributed by atoms with Gasteiger partial charge in [0, 0.05) is 0 Å². The summed E-state index contributed by atoms with van der Waals surface area (Å²) in [5, 5.41) is 0. The molecule has 2 rings (SSSR count). The van der Waals surface area contributed by atoms with Crippen LogP contribution < -0.4 is 0 Å². The van der Waals surface area contributed by atoms with Crippen LogP contribution >= 0.6 is 31.9 Å². The second kappa shape index (κ2) is 5.01. The molecule has 2 atom stereocenters. The number of alkyl halides is 2. The number of carbonyl (C=O) groups excluding carboxylic acids is 1. The van der Waals surface area contributed by atoms with E-state index in [9.17, 15) is 4.79 Å². The average Bonchev–Trinajstić information content (AvgIpc) is 2.27. The van der Waals surface area contributed by atoms with Gasteiger partial charge in [0.2, 0.25) is 0 Å². The Bertz CT molecular complexity index is 377. The van der Waals surface area contributed by atoms with Crippen LogP contribution in [0.25, 0.3) is 0 Å². The molecule has 1 fully saturated rings. The molecule has 0 aromatic heterocycles. The van der Waals surface area contributed by atoms with Gasteiger partial charge in [0.05, 0.1) is 9.15 Å². The largest absolute Gasteiger partial charge is 0.297 e. The topological polar surface area (TPSA) is 17.1 Å². The van der Waals surface area contributed by atoms with Crippen molar-refractivity contribution >= 4 is 37.6 Å². The van der Waals surface area contributed by atoms with E-state index < -0.39 is 0 Å². The van der Waals surface area contributed by atoms with Gasteiger partial charge in [-0.2, -0.15) is 0 Å². The summed E-state index contributed by atoms with van der Waals surface area (Å²) < 4.78 is -0.360. The van der Waals surface area contributed by atoms with Crippen molar-refractivity contribution in [3.8, 4) is 0 Å². The summed E-state index contributed by atoms with van der Waals surface area (Å²) in [6, 6.07) is 10.2. The van der Waals surface area contributed by atoms with Gasteiger partial charge in [-0.15, -0.1) is 0 Å². The zero-order valence-electron chi connectivity index (χ0n) is 8.96. The minimum atomic E-state index is -0.360. The summed E-state index contributed by atoms with van der Waals surface area (Å²) >= 11 is 7.12. The Hall–Kier alpha value is -0.150. The molecule has 0 N–H and O–H groups in total. The van der Waals surface area contributed by atoms with Crippen LogP contribution in [-0.2, 0) is 11.2 Å². The second-order valence-corrected chi connectivity index (χ2v) is 6.97. The van der Waals surface area contributed by atoms with E-state index in [1.165, 1.54) is 5.56 Å². The maximum Gasteiger partial charge on any atom is 0.163 e. The van der Waals surface area contributed by atoms with E-state index in [2.05, 4.69) is 44.0 Å². The van der Waals surface area contributed by atoms with Crippen LogP contribution in [0.1, 0.15) is 24.8 Å². The quantitative estimate of drug-likeness (QED) is 0.743. The fourth-order valence-electron chi connectivity index (χ4n) is 2.19. The second-order valence-electron chi connectivity index (χ2n) is 4.35. The average molecular weight is 346 g/mol. The van der Waals surface area contributed by atoms with Crippen molar-refractivity contribution in [3.05, 3.63) is 35.9 Å². The van der Waals surface area contributed by atoms with Gasteiger partial charge in [-0.05, 0) is 24.8 Å². The number of hydrogen-bond donors (Lipinski definition) is 0. The Morgan fingerprint density at radius 1 is 1.31 bits per heavy atom. The van der Waals surface area contributed by atoms with Crippen LogP contribution in [0.2, 0.25) is 0 Å². The van der Waals surface area contributed by atoms with Crippen LogP contribution in [0.4, 0.5) is 0 Å². The third-order valence-electron chi connectivity index (χ3n) is 3.08. The van der Waals surface area contributed by atoms with E-state index in [0.717, 1.165) is 25.7 Å². The van der Waals surface area contributed by atoms with Crippen LogP contribution in [0.3, 0.4) is 0 Å². The maximum atomic E-state index is 12.2. The molecule has 3 heteroatoms. The monoisotopic (exact) mass is 344 g/mol. The molecule has 1 aliphatic rings. The molecule has 1 aromatic rings. The van der Waals surface area contributed by atoms with Crippen molar-refractivity contribution in [3.63, 3.8) is 0 Å². The summed E-state index contributed by atoms with van der Waals surface area (Å²) in [4.78, 5) is 12.2. The van der Waals surface area contributed by atoms with Gasteiger partial charge in [-0.25, -0.2) is 0 Å². The molecule has 0 amide bonds. The van der Waals surface area contributed by atoms with Gasteiger partial charge >= 0.3 is 0 Å². The molecule has 1 aliphatic carbocycles. The zero-order valence-corrected chi connectivity index (χ0v) is 12.1.